The molecular weight excluding hydrogens is 449 g/mol. The van der Waals surface area contributed by atoms with Crippen LogP contribution in [0.4, 0.5) is 13.2 Å². The second kappa shape index (κ2) is 10.9. The summed E-state index contributed by atoms with van der Waals surface area (Å²) in [6.45, 7) is 1.91. The van der Waals surface area contributed by atoms with E-state index in [-0.39, 0.29) is 11.9 Å². The maximum atomic E-state index is 12.9. The van der Waals surface area contributed by atoms with Crippen LogP contribution >= 0.6 is 11.6 Å². The largest absolute Gasteiger partial charge is 0.416 e. The molecule has 0 fully saturated rings. The lowest BCUT2D eigenvalue weighted by atomic mass is 9.95. The summed E-state index contributed by atoms with van der Waals surface area (Å²) in [6, 6.07) is 19.4. The summed E-state index contributed by atoms with van der Waals surface area (Å²) in [6.07, 6.45) is -3.28. The fraction of sp³-hybridized carbons (Fsp3) is 0.269. The highest BCUT2D eigenvalue weighted by molar-refractivity contribution is 6.31. The Bertz CT molecular complexity index is 1070. The van der Waals surface area contributed by atoms with Crippen molar-refractivity contribution in [1.29, 1.82) is 0 Å². The molecule has 0 spiro atoms. The standard InChI is InChI=1S/C26H26ClF3N2O/c1-17-8-12-20(16-22(17)27)23(15-11-18-9-13-21(14-10-18)26(28,29)30)32-24(25(33)31-2)19-6-4-3-5-7-19/h3-10,12-14,16,23-24,32H,11,15H2,1-2H3,(H,31,33)/t23-,24?/m0/s1. The zero-order chi connectivity index (χ0) is 24.0. The van der Waals surface area contributed by atoms with Crippen molar-refractivity contribution in [1.82, 2.24) is 10.6 Å². The normalized spacial score (nSPS) is 13.4. The number of amides is 1. The molecule has 1 amide bonds. The van der Waals surface area contributed by atoms with Gasteiger partial charge in [0.2, 0.25) is 5.91 Å². The second-order valence-electron chi connectivity index (χ2n) is 7.92. The van der Waals surface area contributed by atoms with E-state index in [9.17, 15) is 18.0 Å². The fourth-order valence-electron chi connectivity index (χ4n) is 3.66. The van der Waals surface area contributed by atoms with Crippen molar-refractivity contribution in [2.24, 2.45) is 0 Å². The first-order chi connectivity index (χ1) is 15.7. The van der Waals surface area contributed by atoms with E-state index in [0.717, 1.165) is 34.4 Å². The van der Waals surface area contributed by atoms with Gasteiger partial charge in [-0.3, -0.25) is 10.1 Å². The Morgan fingerprint density at radius 1 is 0.970 bits per heavy atom. The highest BCUT2D eigenvalue weighted by atomic mass is 35.5. The van der Waals surface area contributed by atoms with Gasteiger partial charge in [0.15, 0.2) is 0 Å². The number of carbonyl (C=O) groups is 1. The zero-order valence-electron chi connectivity index (χ0n) is 18.4. The molecule has 0 saturated carbocycles. The van der Waals surface area contributed by atoms with Crippen LogP contribution in [0.3, 0.4) is 0 Å². The summed E-state index contributed by atoms with van der Waals surface area (Å²) in [5.74, 6) is -0.182. The van der Waals surface area contributed by atoms with Crippen molar-refractivity contribution in [2.75, 3.05) is 7.05 Å². The van der Waals surface area contributed by atoms with Gasteiger partial charge in [-0.2, -0.15) is 13.2 Å². The molecule has 3 nitrogen and oxygen atoms in total. The van der Waals surface area contributed by atoms with E-state index in [1.165, 1.54) is 12.1 Å². The van der Waals surface area contributed by atoms with Gasteiger partial charge in [-0.25, -0.2) is 0 Å². The van der Waals surface area contributed by atoms with Crippen LogP contribution in [0, 0.1) is 6.92 Å². The number of carbonyl (C=O) groups excluding carboxylic acids is 1. The topological polar surface area (TPSA) is 41.1 Å². The minimum Gasteiger partial charge on any atom is -0.358 e. The van der Waals surface area contributed by atoms with E-state index >= 15 is 0 Å². The molecule has 174 valence electrons. The van der Waals surface area contributed by atoms with Gasteiger partial charge < -0.3 is 5.32 Å². The second-order valence-corrected chi connectivity index (χ2v) is 8.33. The number of halogens is 4. The third-order valence-corrected chi connectivity index (χ3v) is 6.02. The number of nitrogens with one attached hydrogen (secondary N) is 2. The highest BCUT2D eigenvalue weighted by Crippen LogP contribution is 2.31. The molecule has 0 aliphatic rings. The molecule has 0 aromatic heterocycles. The molecule has 2 atom stereocenters. The maximum absolute atomic E-state index is 12.9. The van der Waals surface area contributed by atoms with Crippen LogP contribution in [0.15, 0.2) is 72.8 Å². The van der Waals surface area contributed by atoms with Crippen LogP contribution in [0.1, 0.15) is 46.3 Å². The summed E-state index contributed by atoms with van der Waals surface area (Å²) in [4.78, 5) is 12.7. The first-order valence-corrected chi connectivity index (χ1v) is 11.0. The molecule has 2 N–H and O–H groups in total. The van der Waals surface area contributed by atoms with E-state index in [0.29, 0.717) is 17.9 Å². The lowest BCUT2D eigenvalue weighted by Crippen LogP contribution is -2.38. The van der Waals surface area contributed by atoms with Gasteiger partial charge in [0.1, 0.15) is 6.04 Å². The van der Waals surface area contributed by atoms with E-state index in [4.69, 9.17) is 11.6 Å². The average Bonchev–Trinajstić information content (AvgIpc) is 2.81. The van der Waals surface area contributed by atoms with Crippen molar-refractivity contribution < 1.29 is 18.0 Å². The molecule has 0 aliphatic carbocycles. The predicted octanol–water partition coefficient (Wildman–Crippen LogP) is 6.42. The predicted molar refractivity (Wildman–Crippen MR) is 125 cm³/mol. The fourth-order valence-corrected chi connectivity index (χ4v) is 3.85. The molecule has 0 saturated heterocycles. The monoisotopic (exact) mass is 474 g/mol. The number of hydrogen-bond acceptors (Lipinski definition) is 2. The summed E-state index contributed by atoms with van der Waals surface area (Å²) in [7, 11) is 1.58. The van der Waals surface area contributed by atoms with Crippen molar-refractivity contribution in [3.8, 4) is 0 Å². The van der Waals surface area contributed by atoms with E-state index in [1.54, 1.807) is 7.05 Å². The van der Waals surface area contributed by atoms with Crippen LogP contribution in [0.25, 0.3) is 0 Å². The van der Waals surface area contributed by atoms with E-state index in [1.807, 2.05) is 55.5 Å². The molecule has 3 aromatic carbocycles. The molecule has 0 radical (unpaired) electrons. The Morgan fingerprint density at radius 2 is 1.64 bits per heavy atom. The van der Waals surface area contributed by atoms with Crippen LogP contribution in [0.5, 0.6) is 0 Å². The first kappa shape index (κ1) is 24.8. The Kier molecular flexibility index (Phi) is 8.16. The Morgan fingerprint density at radius 3 is 2.21 bits per heavy atom. The van der Waals surface area contributed by atoms with Crippen LogP contribution < -0.4 is 10.6 Å². The molecule has 0 heterocycles. The summed E-state index contributed by atoms with van der Waals surface area (Å²) in [5, 5.41) is 6.76. The van der Waals surface area contributed by atoms with Gasteiger partial charge in [-0.05, 0) is 60.2 Å². The minimum absolute atomic E-state index is 0.182. The first-order valence-electron chi connectivity index (χ1n) is 10.6. The highest BCUT2D eigenvalue weighted by Gasteiger charge is 2.30. The molecule has 0 bridgehead atoms. The van der Waals surface area contributed by atoms with Crippen LogP contribution in [-0.2, 0) is 17.4 Å². The molecule has 0 aliphatic heterocycles. The molecule has 7 heteroatoms. The number of likely N-dealkylation sites (N-methyl/N-ethyl adjacent to an activating group) is 1. The lowest BCUT2D eigenvalue weighted by molar-refractivity contribution is -0.137. The molecule has 1 unspecified atom stereocenters. The van der Waals surface area contributed by atoms with Gasteiger partial charge in [-0.15, -0.1) is 0 Å². The SMILES string of the molecule is CNC(=O)C(N[C@@H](CCc1ccc(C(F)(F)F)cc1)c1ccc(C)c(Cl)c1)c1ccccc1. The maximum Gasteiger partial charge on any atom is 0.416 e. The van der Waals surface area contributed by atoms with Crippen molar-refractivity contribution in [2.45, 2.75) is 38.0 Å². The molecule has 3 aromatic rings. The van der Waals surface area contributed by atoms with Gasteiger partial charge in [0, 0.05) is 18.1 Å². The lowest BCUT2D eigenvalue weighted by Gasteiger charge is -2.26. The van der Waals surface area contributed by atoms with Crippen LogP contribution in [-0.4, -0.2) is 13.0 Å². The van der Waals surface area contributed by atoms with Gasteiger partial charge in [0.05, 0.1) is 5.56 Å². The number of aryl methyl sites for hydroxylation is 2. The van der Waals surface area contributed by atoms with Crippen molar-refractivity contribution in [3.63, 3.8) is 0 Å². The van der Waals surface area contributed by atoms with Crippen molar-refractivity contribution in [3.05, 3.63) is 106 Å². The van der Waals surface area contributed by atoms with Gasteiger partial charge >= 0.3 is 6.18 Å². The Labute approximate surface area is 197 Å². The molecular formula is C26H26ClF3N2O. The quantitative estimate of drug-likeness (QED) is 0.395. The smallest absolute Gasteiger partial charge is 0.358 e. The molecule has 33 heavy (non-hydrogen) atoms. The minimum atomic E-state index is -4.36. The van der Waals surface area contributed by atoms with Crippen molar-refractivity contribution >= 4 is 17.5 Å². The number of rotatable bonds is 8. The van der Waals surface area contributed by atoms with E-state index < -0.39 is 17.8 Å². The third kappa shape index (κ3) is 6.59. The number of hydrogen-bond donors (Lipinski definition) is 2. The Balaban J connectivity index is 1.87. The average molecular weight is 475 g/mol. The summed E-state index contributed by atoms with van der Waals surface area (Å²) in [5.41, 5.74) is 2.77. The van der Waals surface area contributed by atoms with Crippen LogP contribution in [0.2, 0.25) is 5.02 Å². The zero-order valence-corrected chi connectivity index (χ0v) is 19.2. The molecule has 3 rings (SSSR count). The summed E-state index contributed by atoms with van der Waals surface area (Å²) < 4.78 is 38.6. The third-order valence-electron chi connectivity index (χ3n) is 5.61. The van der Waals surface area contributed by atoms with Gasteiger partial charge in [0.25, 0.3) is 0 Å². The number of alkyl halides is 3. The number of benzene rings is 3. The summed E-state index contributed by atoms with van der Waals surface area (Å²) >= 11 is 6.36. The van der Waals surface area contributed by atoms with E-state index in [2.05, 4.69) is 10.6 Å². The Hall–Kier alpha value is -2.83. The van der Waals surface area contributed by atoms with Gasteiger partial charge in [-0.1, -0.05) is 66.2 Å².